The van der Waals surface area contributed by atoms with E-state index >= 15 is 0 Å². The van der Waals surface area contributed by atoms with Gasteiger partial charge in [-0.1, -0.05) is 15.9 Å². The summed E-state index contributed by atoms with van der Waals surface area (Å²) < 4.78 is 30.0. The first kappa shape index (κ1) is 12.4. The molecule has 1 atom stereocenters. The average Bonchev–Trinajstić information content (AvgIpc) is 2.19. The topological polar surface area (TPSA) is 55.4 Å². The Hall–Kier alpha value is 0.350. The largest absolute Gasteiger partial charge is 0.378 e. The minimum Gasteiger partial charge on any atom is -0.378 e. The summed E-state index contributed by atoms with van der Waals surface area (Å²) in [7, 11) is -3.11. The fourth-order valence-electron chi connectivity index (χ4n) is 1.45. The maximum atomic E-state index is 11.0. The summed E-state index contributed by atoms with van der Waals surface area (Å²) in [6.45, 7) is 1.29. The monoisotopic (exact) mass is 285 g/mol. The van der Waals surface area contributed by atoms with Gasteiger partial charge in [-0.3, -0.25) is 0 Å². The summed E-state index contributed by atoms with van der Waals surface area (Å²) >= 11 is 2.92. The van der Waals surface area contributed by atoms with E-state index in [0.717, 1.165) is 25.9 Å². The summed E-state index contributed by atoms with van der Waals surface area (Å²) in [5.41, 5.74) is 0. The van der Waals surface area contributed by atoms with Crippen LogP contribution in [0.5, 0.6) is 0 Å². The number of ether oxygens (including phenoxy) is 1. The first-order chi connectivity index (χ1) is 6.64. The quantitative estimate of drug-likeness (QED) is 0.773. The van der Waals surface area contributed by atoms with E-state index in [-0.39, 0.29) is 10.8 Å². The van der Waals surface area contributed by atoms with Gasteiger partial charge in [-0.25, -0.2) is 13.1 Å². The summed E-state index contributed by atoms with van der Waals surface area (Å²) in [6.07, 6.45) is 4.38. The lowest BCUT2D eigenvalue weighted by atomic mass is 10.1. The molecule has 0 amide bonds. The van der Waals surface area contributed by atoms with Crippen molar-refractivity contribution in [2.75, 3.05) is 17.8 Å². The van der Waals surface area contributed by atoms with Gasteiger partial charge in [0.1, 0.15) is 4.66 Å². The van der Waals surface area contributed by atoms with E-state index in [4.69, 9.17) is 4.74 Å². The fourth-order valence-corrected chi connectivity index (χ4v) is 2.44. The molecule has 1 aliphatic rings. The third-order valence-electron chi connectivity index (χ3n) is 2.21. The summed E-state index contributed by atoms with van der Waals surface area (Å²) in [4.78, 5) is 0. The maximum Gasteiger partial charge on any atom is 0.221 e. The number of alkyl halides is 1. The third kappa shape index (κ3) is 4.72. The molecule has 0 aromatic rings. The molecule has 1 N–H and O–H groups in total. The summed E-state index contributed by atoms with van der Waals surface area (Å²) in [5.74, 6) is 0. The van der Waals surface area contributed by atoms with Gasteiger partial charge in [0.25, 0.3) is 0 Å². The Labute approximate surface area is 93.6 Å². The number of nitrogens with one attached hydrogen (secondary N) is 1. The van der Waals surface area contributed by atoms with Crippen molar-refractivity contribution < 1.29 is 13.2 Å². The average molecular weight is 286 g/mol. The van der Waals surface area contributed by atoms with Crippen LogP contribution in [0.2, 0.25) is 0 Å². The number of rotatable bonds is 5. The highest BCUT2D eigenvalue weighted by Gasteiger charge is 2.14. The van der Waals surface area contributed by atoms with E-state index in [1.807, 2.05) is 0 Å². The lowest BCUT2D eigenvalue weighted by molar-refractivity contribution is 0.0123. The number of sulfonamides is 1. The Morgan fingerprint density at radius 3 is 2.79 bits per heavy atom. The van der Waals surface area contributed by atoms with Crippen molar-refractivity contribution in [2.45, 2.75) is 31.8 Å². The van der Waals surface area contributed by atoms with Crippen LogP contribution >= 0.6 is 15.9 Å². The standard InChI is InChI=1S/C8H16BrNO3S/c9-7-14(11,12)10-5-4-8-3-1-2-6-13-8/h8,10H,1-7H2. The first-order valence-corrected chi connectivity index (χ1v) is 7.56. The molecule has 0 bridgehead atoms. The smallest absolute Gasteiger partial charge is 0.221 e. The van der Waals surface area contributed by atoms with Crippen molar-refractivity contribution >= 4 is 26.0 Å². The van der Waals surface area contributed by atoms with Gasteiger partial charge in [0.15, 0.2) is 0 Å². The lowest BCUT2D eigenvalue weighted by Gasteiger charge is -2.22. The van der Waals surface area contributed by atoms with Crippen LogP contribution in [0.15, 0.2) is 0 Å². The zero-order chi connectivity index (χ0) is 10.4. The second-order valence-corrected chi connectivity index (χ2v) is 6.51. The molecule has 1 fully saturated rings. The van der Waals surface area contributed by atoms with E-state index in [0.29, 0.717) is 6.54 Å². The molecule has 0 saturated carbocycles. The predicted molar refractivity (Wildman–Crippen MR) is 58.9 cm³/mol. The van der Waals surface area contributed by atoms with Gasteiger partial charge in [0, 0.05) is 13.2 Å². The summed E-state index contributed by atoms with van der Waals surface area (Å²) in [5, 5.41) is 0. The van der Waals surface area contributed by atoms with Crippen LogP contribution in [0.3, 0.4) is 0 Å². The van der Waals surface area contributed by atoms with Gasteiger partial charge in [-0.05, 0) is 25.7 Å². The van der Waals surface area contributed by atoms with E-state index in [9.17, 15) is 8.42 Å². The van der Waals surface area contributed by atoms with Crippen molar-refractivity contribution in [2.24, 2.45) is 0 Å². The van der Waals surface area contributed by atoms with E-state index in [1.54, 1.807) is 0 Å². The highest BCUT2D eigenvalue weighted by Crippen LogP contribution is 2.14. The molecule has 84 valence electrons. The lowest BCUT2D eigenvalue weighted by Crippen LogP contribution is -2.29. The van der Waals surface area contributed by atoms with Crippen LogP contribution in [0.4, 0.5) is 0 Å². The molecule has 1 heterocycles. The Bertz CT molecular complexity index is 249. The molecule has 0 radical (unpaired) electrons. The second kappa shape index (κ2) is 6.05. The Morgan fingerprint density at radius 2 is 2.21 bits per heavy atom. The highest BCUT2D eigenvalue weighted by atomic mass is 79.9. The van der Waals surface area contributed by atoms with E-state index in [2.05, 4.69) is 20.7 Å². The van der Waals surface area contributed by atoms with E-state index < -0.39 is 10.0 Å². The molecule has 4 nitrogen and oxygen atoms in total. The summed E-state index contributed by atoms with van der Waals surface area (Å²) in [6, 6.07) is 0. The fraction of sp³-hybridized carbons (Fsp3) is 1.00. The predicted octanol–water partition coefficient (Wildman–Crippen LogP) is 1.22. The minimum absolute atomic E-state index is 0.0362. The molecule has 14 heavy (non-hydrogen) atoms. The van der Waals surface area contributed by atoms with Gasteiger partial charge in [-0.2, -0.15) is 0 Å². The molecule has 1 rings (SSSR count). The third-order valence-corrected chi connectivity index (χ3v) is 4.95. The zero-order valence-corrected chi connectivity index (χ0v) is 10.4. The normalized spacial score (nSPS) is 23.6. The molecule has 6 heteroatoms. The number of hydrogen-bond acceptors (Lipinski definition) is 3. The molecule has 1 aliphatic heterocycles. The zero-order valence-electron chi connectivity index (χ0n) is 8.04. The molecule has 1 unspecified atom stereocenters. The molecule has 1 saturated heterocycles. The van der Waals surface area contributed by atoms with Crippen molar-refractivity contribution in [1.29, 1.82) is 0 Å². The molecular weight excluding hydrogens is 270 g/mol. The molecular formula is C8H16BrNO3S. The van der Waals surface area contributed by atoms with Crippen LogP contribution in [0.25, 0.3) is 0 Å². The van der Waals surface area contributed by atoms with Gasteiger partial charge in [0.2, 0.25) is 10.0 Å². The van der Waals surface area contributed by atoms with Gasteiger partial charge < -0.3 is 4.74 Å². The number of hydrogen-bond donors (Lipinski definition) is 1. The SMILES string of the molecule is O=S(=O)(CBr)NCCC1CCCCO1. The molecule has 0 aromatic heterocycles. The Kier molecular flexibility index (Phi) is 5.36. The Balaban J connectivity index is 2.14. The van der Waals surface area contributed by atoms with Crippen LogP contribution in [0.1, 0.15) is 25.7 Å². The van der Waals surface area contributed by atoms with Crippen molar-refractivity contribution in [3.8, 4) is 0 Å². The van der Waals surface area contributed by atoms with Crippen LogP contribution in [-0.4, -0.2) is 32.3 Å². The minimum atomic E-state index is -3.11. The van der Waals surface area contributed by atoms with Gasteiger partial charge >= 0.3 is 0 Å². The van der Waals surface area contributed by atoms with Gasteiger partial charge in [-0.15, -0.1) is 0 Å². The van der Waals surface area contributed by atoms with E-state index in [1.165, 1.54) is 6.42 Å². The van der Waals surface area contributed by atoms with Crippen LogP contribution < -0.4 is 4.72 Å². The number of halogens is 1. The second-order valence-electron chi connectivity index (χ2n) is 3.40. The molecule has 0 spiro atoms. The molecule has 0 aliphatic carbocycles. The molecule has 0 aromatic carbocycles. The van der Waals surface area contributed by atoms with Gasteiger partial charge in [0.05, 0.1) is 6.10 Å². The van der Waals surface area contributed by atoms with Crippen molar-refractivity contribution in [3.05, 3.63) is 0 Å². The Morgan fingerprint density at radius 1 is 1.43 bits per heavy atom. The maximum absolute atomic E-state index is 11.0. The first-order valence-electron chi connectivity index (χ1n) is 4.79. The van der Waals surface area contributed by atoms with Crippen LogP contribution in [0, 0.1) is 0 Å². The van der Waals surface area contributed by atoms with Crippen molar-refractivity contribution in [1.82, 2.24) is 4.72 Å². The van der Waals surface area contributed by atoms with Crippen molar-refractivity contribution in [3.63, 3.8) is 0 Å². The van der Waals surface area contributed by atoms with Crippen LogP contribution in [-0.2, 0) is 14.8 Å². The highest BCUT2D eigenvalue weighted by molar-refractivity contribution is 9.10.